The molecule has 0 bridgehead atoms. The first-order valence-corrected chi connectivity index (χ1v) is 9.01. The molecule has 0 radical (unpaired) electrons. The maximum atomic E-state index is 13.2. The summed E-state index contributed by atoms with van der Waals surface area (Å²) >= 11 is 5.06. The van der Waals surface area contributed by atoms with Gasteiger partial charge in [-0.25, -0.2) is 9.37 Å². The van der Waals surface area contributed by atoms with E-state index in [-0.39, 0.29) is 11.9 Å². The predicted molar refractivity (Wildman–Crippen MR) is 92.1 cm³/mol. The average Bonchev–Trinajstić information content (AvgIpc) is 3.04. The zero-order valence-electron chi connectivity index (χ0n) is 12.3. The smallest absolute Gasteiger partial charge is 0.160 e. The number of amidine groups is 1. The number of hydrogen-bond acceptors (Lipinski definition) is 4. The molecule has 3 rings (SSSR count). The maximum absolute atomic E-state index is 13.2. The number of nitrogens with zero attached hydrogens (tertiary/aromatic N) is 3. The van der Waals surface area contributed by atoms with Crippen LogP contribution in [-0.4, -0.2) is 34.9 Å². The Labute approximate surface area is 142 Å². The summed E-state index contributed by atoms with van der Waals surface area (Å²) < 4.78 is 14.0. The fourth-order valence-electron chi connectivity index (χ4n) is 2.65. The molecule has 1 atom stereocenters. The Morgan fingerprint density at radius 1 is 1.45 bits per heavy atom. The minimum atomic E-state index is -0.219. The van der Waals surface area contributed by atoms with Gasteiger partial charge in [0.2, 0.25) is 0 Å². The fraction of sp³-hybridized carbons (Fsp3) is 0.375. The van der Waals surface area contributed by atoms with E-state index in [1.165, 1.54) is 12.1 Å². The molecule has 0 fully saturated rings. The molecular weight excluding hydrogens is 365 g/mol. The molecule has 6 heteroatoms. The van der Waals surface area contributed by atoms with E-state index in [0.717, 1.165) is 46.8 Å². The van der Waals surface area contributed by atoms with Gasteiger partial charge in [0.05, 0.1) is 6.04 Å². The number of aromatic nitrogens is 1. The van der Waals surface area contributed by atoms with Crippen LogP contribution in [0.4, 0.5) is 4.39 Å². The van der Waals surface area contributed by atoms with E-state index >= 15 is 0 Å². The molecule has 0 aliphatic carbocycles. The maximum Gasteiger partial charge on any atom is 0.160 e. The normalized spacial score (nSPS) is 18.4. The minimum Gasteiger partial charge on any atom is -0.355 e. The first kappa shape index (κ1) is 15.6. The number of rotatable bonds is 4. The fourth-order valence-corrected chi connectivity index (χ4v) is 3.82. The molecule has 0 spiro atoms. The van der Waals surface area contributed by atoms with Gasteiger partial charge >= 0.3 is 0 Å². The SMILES string of the molecule is CCN1CC[C@H](Cc2ccc(F)cc2Br)N=C1c1nccs1. The van der Waals surface area contributed by atoms with Crippen LogP contribution in [0.15, 0.2) is 39.2 Å². The quantitative estimate of drug-likeness (QED) is 0.796. The number of benzene rings is 1. The van der Waals surface area contributed by atoms with Crippen LogP contribution in [0.2, 0.25) is 0 Å². The predicted octanol–water partition coefficient (Wildman–Crippen LogP) is 4.13. The summed E-state index contributed by atoms with van der Waals surface area (Å²) in [7, 11) is 0. The molecule has 0 saturated heterocycles. The molecule has 0 N–H and O–H groups in total. The van der Waals surface area contributed by atoms with Crippen molar-refractivity contribution in [1.82, 2.24) is 9.88 Å². The lowest BCUT2D eigenvalue weighted by Gasteiger charge is -2.31. The van der Waals surface area contributed by atoms with E-state index in [1.54, 1.807) is 11.3 Å². The molecule has 2 aromatic rings. The lowest BCUT2D eigenvalue weighted by atomic mass is 10.0. The highest BCUT2D eigenvalue weighted by molar-refractivity contribution is 9.10. The second-order valence-corrected chi connectivity index (χ2v) is 7.00. The zero-order valence-corrected chi connectivity index (χ0v) is 14.7. The molecule has 0 saturated carbocycles. The monoisotopic (exact) mass is 381 g/mol. The van der Waals surface area contributed by atoms with Crippen LogP contribution in [0.1, 0.15) is 23.9 Å². The first-order valence-electron chi connectivity index (χ1n) is 7.34. The molecule has 1 aliphatic rings. The van der Waals surface area contributed by atoms with Crippen LogP contribution in [0.25, 0.3) is 0 Å². The molecule has 1 aromatic carbocycles. The van der Waals surface area contributed by atoms with Crippen LogP contribution in [0, 0.1) is 5.82 Å². The van der Waals surface area contributed by atoms with Gasteiger partial charge in [-0.15, -0.1) is 11.3 Å². The highest BCUT2D eigenvalue weighted by atomic mass is 79.9. The van der Waals surface area contributed by atoms with Crippen molar-refractivity contribution in [3.8, 4) is 0 Å². The van der Waals surface area contributed by atoms with Crippen molar-refractivity contribution >= 4 is 33.1 Å². The van der Waals surface area contributed by atoms with Gasteiger partial charge < -0.3 is 4.90 Å². The summed E-state index contributed by atoms with van der Waals surface area (Å²) in [5.74, 6) is 0.774. The Bertz CT molecular complexity index is 672. The molecular formula is C16H17BrFN3S. The van der Waals surface area contributed by atoms with E-state index < -0.39 is 0 Å². The van der Waals surface area contributed by atoms with Crippen molar-refractivity contribution in [2.75, 3.05) is 13.1 Å². The lowest BCUT2D eigenvalue weighted by Crippen LogP contribution is -2.39. The summed E-state index contributed by atoms with van der Waals surface area (Å²) in [4.78, 5) is 11.6. The molecule has 0 amide bonds. The van der Waals surface area contributed by atoms with E-state index in [2.05, 4.69) is 32.7 Å². The van der Waals surface area contributed by atoms with Crippen LogP contribution >= 0.6 is 27.3 Å². The third kappa shape index (κ3) is 3.38. The number of aliphatic imine (C=N–C) groups is 1. The van der Waals surface area contributed by atoms with Gasteiger partial charge in [0.1, 0.15) is 5.82 Å². The highest BCUT2D eigenvalue weighted by Gasteiger charge is 2.23. The van der Waals surface area contributed by atoms with E-state index in [1.807, 2.05) is 17.6 Å². The largest absolute Gasteiger partial charge is 0.355 e. The van der Waals surface area contributed by atoms with Crippen molar-refractivity contribution in [2.45, 2.75) is 25.8 Å². The van der Waals surface area contributed by atoms with Gasteiger partial charge in [0.15, 0.2) is 10.8 Å². The van der Waals surface area contributed by atoms with Crippen LogP contribution in [-0.2, 0) is 6.42 Å². The Hall–Kier alpha value is -1.27. The highest BCUT2D eigenvalue weighted by Crippen LogP contribution is 2.24. The number of hydrogen-bond donors (Lipinski definition) is 0. The summed E-state index contributed by atoms with van der Waals surface area (Å²) in [5, 5.41) is 2.95. The molecule has 0 unspecified atom stereocenters. The van der Waals surface area contributed by atoms with Gasteiger partial charge in [-0.1, -0.05) is 22.0 Å². The van der Waals surface area contributed by atoms with Gasteiger partial charge in [-0.05, 0) is 37.5 Å². The van der Waals surface area contributed by atoms with Crippen molar-refractivity contribution < 1.29 is 4.39 Å². The lowest BCUT2D eigenvalue weighted by molar-refractivity contribution is 0.377. The molecule has 3 nitrogen and oxygen atoms in total. The third-order valence-corrected chi connectivity index (χ3v) is 5.32. The van der Waals surface area contributed by atoms with Crippen molar-refractivity contribution in [3.05, 3.63) is 50.6 Å². The summed E-state index contributed by atoms with van der Waals surface area (Å²) in [6.45, 7) is 4.06. The van der Waals surface area contributed by atoms with Crippen LogP contribution in [0.5, 0.6) is 0 Å². The first-order chi connectivity index (χ1) is 10.7. The van der Waals surface area contributed by atoms with Gasteiger partial charge in [-0.2, -0.15) is 0 Å². The van der Waals surface area contributed by atoms with E-state index in [0.29, 0.717) is 0 Å². The van der Waals surface area contributed by atoms with Crippen LogP contribution in [0.3, 0.4) is 0 Å². The Morgan fingerprint density at radius 3 is 3.00 bits per heavy atom. The standard InChI is InChI=1S/C16H17BrFN3S/c1-2-21-7-5-13(20-15(21)16-19-6-8-22-16)9-11-3-4-12(18)10-14(11)17/h3-4,6,8,10,13H,2,5,7,9H2,1H3/t13-/m1/s1. The summed E-state index contributed by atoms with van der Waals surface area (Å²) in [6, 6.07) is 5.07. The average molecular weight is 382 g/mol. The zero-order chi connectivity index (χ0) is 15.5. The Balaban J connectivity index is 1.84. The second-order valence-electron chi connectivity index (χ2n) is 5.25. The van der Waals surface area contributed by atoms with Crippen LogP contribution < -0.4 is 0 Å². The summed E-state index contributed by atoms with van der Waals surface area (Å²) in [5.41, 5.74) is 1.10. The third-order valence-electron chi connectivity index (χ3n) is 3.81. The van der Waals surface area contributed by atoms with E-state index in [9.17, 15) is 4.39 Å². The van der Waals surface area contributed by atoms with Gasteiger partial charge in [0, 0.05) is 29.1 Å². The topological polar surface area (TPSA) is 28.5 Å². The number of halogens is 2. The summed E-state index contributed by atoms with van der Waals surface area (Å²) in [6.07, 6.45) is 3.64. The van der Waals surface area contributed by atoms with Crippen molar-refractivity contribution in [3.63, 3.8) is 0 Å². The molecule has 22 heavy (non-hydrogen) atoms. The number of thiazole rings is 1. The molecule has 2 heterocycles. The molecule has 1 aromatic heterocycles. The Morgan fingerprint density at radius 2 is 2.32 bits per heavy atom. The van der Waals surface area contributed by atoms with Gasteiger partial charge in [-0.3, -0.25) is 4.99 Å². The van der Waals surface area contributed by atoms with Crippen molar-refractivity contribution in [2.24, 2.45) is 4.99 Å². The second kappa shape index (κ2) is 6.87. The van der Waals surface area contributed by atoms with E-state index in [4.69, 9.17) is 4.99 Å². The minimum absolute atomic E-state index is 0.212. The van der Waals surface area contributed by atoms with Crippen molar-refractivity contribution in [1.29, 1.82) is 0 Å². The van der Waals surface area contributed by atoms with Gasteiger partial charge in [0.25, 0.3) is 0 Å². The molecule has 1 aliphatic heterocycles. The molecule has 116 valence electrons. The Kier molecular flexibility index (Phi) is 4.88.